The first-order valence-electron chi connectivity index (χ1n) is 3.80. The Hall–Kier alpha value is -0.380. The van der Waals surface area contributed by atoms with E-state index in [4.69, 9.17) is 5.73 Å². The molecule has 1 unspecified atom stereocenters. The summed E-state index contributed by atoms with van der Waals surface area (Å²) < 4.78 is 0. The lowest BCUT2D eigenvalue weighted by molar-refractivity contribution is 0.246. The summed E-state index contributed by atoms with van der Waals surface area (Å²) in [5.74, 6) is 2.21. The lowest BCUT2D eigenvalue weighted by Gasteiger charge is -2.10. The molecule has 0 aliphatic rings. The number of nitrogens with two attached hydrogens (primary N) is 1. The van der Waals surface area contributed by atoms with Crippen molar-refractivity contribution >= 4 is 17.8 Å². The summed E-state index contributed by atoms with van der Waals surface area (Å²) >= 11 is 1.87. The van der Waals surface area contributed by atoms with Crippen molar-refractivity contribution in [3.63, 3.8) is 0 Å². The zero-order chi connectivity index (χ0) is 8.69. The van der Waals surface area contributed by atoms with Gasteiger partial charge in [0.1, 0.15) is 0 Å². The number of thioether (sulfide) groups is 1. The molecule has 0 saturated heterocycles. The number of carbonyl (C=O) groups is 1. The van der Waals surface area contributed by atoms with Gasteiger partial charge >= 0.3 is 6.03 Å². The monoisotopic (exact) mass is 176 g/mol. The van der Waals surface area contributed by atoms with Crippen molar-refractivity contribution < 1.29 is 4.79 Å². The molecule has 0 fully saturated rings. The summed E-state index contributed by atoms with van der Waals surface area (Å²) in [5, 5.41) is 2.63. The van der Waals surface area contributed by atoms with Crippen molar-refractivity contribution in [3.8, 4) is 0 Å². The Morgan fingerprint density at radius 2 is 2.36 bits per heavy atom. The number of nitrogens with one attached hydrogen (secondary N) is 1. The van der Waals surface area contributed by atoms with E-state index in [9.17, 15) is 4.79 Å². The lowest BCUT2D eigenvalue weighted by atomic mass is 10.3. The predicted molar refractivity (Wildman–Crippen MR) is 49.8 cm³/mol. The van der Waals surface area contributed by atoms with Crippen molar-refractivity contribution in [2.45, 2.75) is 26.3 Å². The summed E-state index contributed by atoms with van der Waals surface area (Å²) in [6.07, 6.45) is 0.988. The van der Waals surface area contributed by atoms with Crippen LogP contribution in [0.4, 0.5) is 4.79 Å². The van der Waals surface area contributed by atoms with Gasteiger partial charge in [-0.05, 0) is 24.9 Å². The maximum atomic E-state index is 10.3. The lowest BCUT2D eigenvalue weighted by Crippen LogP contribution is -2.36. The molecule has 3 N–H and O–H groups in total. The molecular weight excluding hydrogens is 160 g/mol. The Labute approximate surface area is 72.1 Å². The molecule has 0 spiro atoms. The van der Waals surface area contributed by atoms with Crippen molar-refractivity contribution in [2.24, 2.45) is 5.73 Å². The molecule has 66 valence electrons. The zero-order valence-electron chi connectivity index (χ0n) is 7.09. The molecular formula is C7H16N2OS. The predicted octanol–water partition coefficient (Wildman–Crippen LogP) is 1.19. The van der Waals surface area contributed by atoms with E-state index in [0.29, 0.717) is 0 Å². The van der Waals surface area contributed by atoms with Crippen molar-refractivity contribution in [1.82, 2.24) is 5.32 Å². The number of urea groups is 1. The molecule has 0 aromatic heterocycles. The number of carbonyl (C=O) groups excluding carboxylic acids is 1. The number of hydrogen-bond acceptors (Lipinski definition) is 2. The third-order valence-electron chi connectivity index (χ3n) is 1.29. The number of primary amides is 1. The molecule has 0 aromatic rings. The molecule has 0 bridgehead atoms. The number of rotatable bonds is 5. The third kappa shape index (κ3) is 7.52. The highest BCUT2D eigenvalue weighted by molar-refractivity contribution is 7.99. The van der Waals surface area contributed by atoms with Crippen LogP contribution < -0.4 is 11.1 Å². The summed E-state index contributed by atoms with van der Waals surface area (Å²) in [7, 11) is 0. The summed E-state index contributed by atoms with van der Waals surface area (Å²) in [5.41, 5.74) is 4.94. The third-order valence-corrected chi connectivity index (χ3v) is 2.22. The maximum Gasteiger partial charge on any atom is 0.312 e. The van der Waals surface area contributed by atoms with Gasteiger partial charge in [0.05, 0.1) is 0 Å². The van der Waals surface area contributed by atoms with E-state index >= 15 is 0 Å². The minimum atomic E-state index is -0.431. The molecule has 0 saturated carbocycles. The van der Waals surface area contributed by atoms with Crippen LogP contribution >= 0.6 is 11.8 Å². The Morgan fingerprint density at radius 1 is 1.73 bits per heavy atom. The van der Waals surface area contributed by atoms with Gasteiger partial charge in [0.25, 0.3) is 0 Å². The van der Waals surface area contributed by atoms with Gasteiger partial charge in [-0.1, -0.05) is 6.92 Å². The SMILES string of the molecule is CCSCCC(C)NC(N)=O. The van der Waals surface area contributed by atoms with Crippen LogP contribution in [0.5, 0.6) is 0 Å². The molecule has 0 rings (SSSR count). The first-order valence-corrected chi connectivity index (χ1v) is 4.96. The number of amides is 2. The quantitative estimate of drug-likeness (QED) is 0.618. The zero-order valence-corrected chi connectivity index (χ0v) is 7.91. The summed E-state index contributed by atoms with van der Waals surface area (Å²) in [6, 6.07) is -0.231. The first kappa shape index (κ1) is 10.6. The minimum Gasteiger partial charge on any atom is -0.352 e. The highest BCUT2D eigenvalue weighted by Crippen LogP contribution is 2.03. The van der Waals surface area contributed by atoms with Gasteiger partial charge in [-0.2, -0.15) is 11.8 Å². The van der Waals surface area contributed by atoms with E-state index in [1.54, 1.807) is 0 Å². The van der Waals surface area contributed by atoms with E-state index in [2.05, 4.69) is 12.2 Å². The summed E-state index contributed by atoms with van der Waals surface area (Å²) in [6.45, 7) is 4.08. The topological polar surface area (TPSA) is 55.1 Å². The fraction of sp³-hybridized carbons (Fsp3) is 0.857. The smallest absolute Gasteiger partial charge is 0.312 e. The van der Waals surface area contributed by atoms with Crippen molar-refractivity contribution in [1.29, 1.82) is 0 Å². The second-order valence-electron chi connectivity index (χ2n) is 2.40. The Balaban J connectivity index is 3.22. The second kappa shape index (κ2) is 6.34. The van der Waals surface area contributed by atoms with Crippen molar-refractivity contribution in [2.75, 3.05) is 11.5 Å². The van der Waals surface area contributed by atoms with Crippen LogP contribution in [-0.2, 0) is 0 Å². The van der Waals surface area contributed by atoms with Crippen LogP contribution in [0.25, 0.3) is 0 Å². The molecule has 2 amide bonds. The average molecular weight is 176 g/mol. The fourth-order valence-corrected chi connectivity index (χ4v) is 1.53. The Morgan fingerprint density at radius 3 is 2.82 bits per heavy atom. The Kier molecular flexibility index (Phi) is 6.12. The largest absolute Gasteiger partial charge is 0.352 e. The van der Waals surface area contributed by atoms with Crippen LogP contribution in [0.3, 0.4) is 0 Å². The van der Waals surface area contributed by atoms with Crippen LogP contribution in [0.2, 0.25) is 0 Å². The van der Waals surface area contributed by atoms with Crippen molar-refractivity contribution in [3.05, 3.63) is 0 Å². The molecule has 0 aliphatic heterocycles. The van der Waals surface area contributed by atoms with E-state index < -0.39 is 6.03 Å². The van der Waals surface area contributed by atoms with Crippen LogP contribution in [0.1, 0.15) is 20.3 Å². The second-order valence-corrected chi connectivity index (χ2v) is 3.79. The molecule has 1 atom stereocenters. The van der Waals surface area contributed by atoms with Gasteiger partial charge in [-0.25, -0.2) is 4.79 Å². The van der Waals surface area contributed by atoms with Crippen LogP contribution in [0, 0.1) is 0 Å². The van der Waals surface area contributed by atoms with E-state index in [0.717, 1.165) is 17.9 Å². The molecule has 3 nitrogen and oxygen atoms in total. The molecule has 11 heavy (non-hydrogen) atoms. The minimum absolute atomic E-state index is 0.201. The first-order chi connectivity index (χ1) is 5.16. The standard InChI is InChI=1S/C7H16N2OS/c1-3-11-5-4-6(2)9-7(8)10/h6H,3-5H2,1-2H3,(H3,8,9,10). The molecule has 0 radical (unpaired) electrons. The molecule has 0 aliphatic carbocycles. The van der Waals surface area contributed by atoms with Gasteiger partial charge in [0, 0.05) is 6.04 Å². The molecule has 0 heterocycles. The van der Waals surface area contributed by atoms with Gasteiger partial charge < -0.3 is 11.1 Å². The van der Waals surface area contributed by atoms with E-state index in [-0.39, 0.29) is 6.04 Å². The van der Waals surface area contributed by atoms with E-state index in [1.165, 1.54) is 0 Å². The van der Waals surface area contributed by atoms with Gasteiger partial charge in [0.15, 0.2) is 0 Å². The fourth-order valence-electron chi connectivity index (χ4n) is 0.719. The maximum absolute atomic E-state index is 10.3. The van der Waals surface area contributed by atoms with Gasteiger partial charge in [-0.15, -0.1) is 0 Å². The highest BCUT2D eigenvalue weighted by Gasteiger charge is 2.01. The number of hydrogen-bond donors (Lipinski definition) is 2. The van der Waals surface area contributed by atoms with E-state index in [1.807, 2.05) is 18.7 Å². The molecule has 0 aromatic carbocycles. The summed E-state index contributed by atoms with van der Waals surface area (Å²) in [4.78, 5) is 10.3. The van der Waals surface area contributed by atoms with Crippen LogP contribution in [-0.4, -0.2) is 23.6 Å². The molecule has 4 heteroatoms. The normalized spacial score (nSPS) is 12.5. The van der Waals surface area contributed by atoms with Gasteiger partial charge in [0.2, 0.25) is 0 Å². The average Bonchev–Trinajstić information content (AvgIpc) is 1.86. The van der Waals surface area contributed by atoms with Gasteiger partial charge in [-0.3, -0.25) is 0 Å². The van der Waals surface area contributed by atoms with Crippen LogP contribution in [0.15, 0.2) is 0 Å². The highest BCUT2D eigenvalue weighted by atomic mass is 32.2. The Bertz CT molecular complexity index is 119.